The van der Waals surface area contributed by atoms with Crippen molar-refractivity contribution in [3.05, 3.63) is 106 Å². The molecule has 6 nitrogen and oxygen atoms in total. The summed E-state index contributed by atoms with van der Waals surface area (Å²) in [6, 6.07) is 20.4. The van der Waals surface area contributed by atoms with E-state index < -0.39 is 0 Å². The summed E-state index contributed by atoms with van der Waals surface area (Å²) in [5.74, 6) is 0.486. The molecule has 3 aromatic heterocycles. The second-order valence-electron chi connectivity index (χ2n) is 7.40. The molecule has 0 atom stereocenters. The molecule has 0 radical (unpaired) electrons. The number of aromatic nitrogens is 3. The number of benzene rings is 3. The van der Waals surface area contributed by atoms with E-state index in [-0.39, 0.29) is 68.6 Å². The molecule has 3 aromatic carbocycles. The maximum absolute atomic E-state index is 9.37. The number of hydrogen-bond donors (Lipinski definition) is 3. The van der Waals surface area contributed by atoms with Gasteiger partial charge in [0.25, 0.3) is 0 Å². The fourth-order valence-corrected chi connectivity index (χ4v) is 4.02. The molecule has 0 aliphatic rings. The standard InChI is InChI=1S/3C9H6ClNO.K.H/c3*10-7-3-4-8(12)9-6(7)2-1-5-11-9;;/h3*1-5,12H;;. The van der Waals surface area contributed by atoms with Crippen molar-refractivity contribution in [2.45, 2.75) is 0 Å². The van der Waals surface area contributed by atoms with Gasteiger partial charge in [-0.1, -0.05) is 34.8 Å². The van der Waals surface area contributed by atoms with Gasteiger partial charge in [0.1, 0.15) is 33.8 Å². The normalized spacial score (nSPS) is 10.1. The van der Waals surface area contributed by atoms with Crippen LogP contribution in [0.5, 0.6) is 17.2 Å². The van der Waals surface area contributed by atoms with E-state index in [2.05, 4.69) is 15.0 Å². The summed E-state index contributed by atoms with van der Waals surface area (Å²) in [5, 5.41) is 32.3. The number of phenolic OH excluding ortho intramolecular Hbond substituents is 3. The molecule has 0 aliphatic heterocycles. The van der Waals surface area contributed by atoms with E-state index in [1.165, 1.54) is 18.2 Å². The Bertz CT molecular complexity index is 1370. The van der Waals surface area contributed by atoms with Crippen LogP contribution < -0.4 is 0 Å². The quantitative estimate of drug-likeness (QED) is 0.166. The zero-order chi connectivity index (χ0) is 25.7. The molecule has 182 valence electrons. The van der Waals surface area contributed by atoms with Crippen LogP contribution in [0.4, 0.5) is 0 Å². The first kappa shape index (κ1) is 29.4. The molecule has 6 aromatic rings. The van der Waals surface area contributed by atoms with Gasteiger partial charge >= 0.3 is 51.4 Å². The van der Waals surface area contributed by atoms with Crippen LogP contribution in [0.2, 0.25) is 15.1 Å². The number of pyridine rings is 3. The van der Waals surface area contributed by atoms with Crippen molar-refractivity contribution in [3.8, 4) is 17.2 Å². The maximum atomic E-state index is 9.37. The van der Waals surface area contributed by atoms with E-state index in [1.54, 1.807) is 55.0 Å². The fourth-order valence-electron chi connectivity index (χ4n) is 3.37. The topological polar surface area (TPSA) is 99.4 Å². The van der Waals surface area contributed by atoms with Gasteiger partial charge in [0, 0.05) is 34.7 Å². The first-order valence-corrected chi connectivity index (χ1v) is 11.7. The third kappa shape index (κ3) is 7.01. The second-order valence-corrected chi connectivity index (χ2v) is 8.62. The molecule has 0 spiro atoms. The third-order valence-corrected chi connectivity index (χ3v) is 6.07. The zero-order valence-electron chi connectivity index (χ0n) is 18.5. The van der Waals surface area contributed by atoms with E-state index in [9.17, 15) is 15.3 Å². The first-order chi connectivity index (χ1) is 17.4. The Morgan fingerprint density at radius 1 is 0.432 bits per heavy atom. The van der Waals surface area contributed by atoms with E-state index in [0.717, 1.165) is 16.2 Å². The fraction of sp³-hybridized carbons (Fsp3) is 0. The molecule has 0 saturated carbocycles. The van der Waals surface area contributed by atoms with E-state index in [4.69, 9.17) is 34.8 Å². The number of rotatable bonds is 0. The SMILES string of the molecule is Oc1ccc(Cl)c2cccnc12.Oc1ccc(Cl)c2cccnc12.Oc1ccc(Cl)c2cccnc12.[KH]. The van der Waals surface area contributed by atoms with Crippen molar-refractivity contribution in [3.63, 3.8) is 0 Å². The molecular weight excluding hydrogens is 560 g/mol. The molecule has 0 amide bonds. The average molecular weight is 579 g/mol. The molecule has 3 heterocycles. The summed E-state index contributed by atoms with van der Waals surface area (Å²) in [7, 11) is 0. The van der Waals surface area contributed by atoms with Crippen molar-refractivity contribution in [1.29, 1.82) is 0 Å². The van der Waals surface area contributed by atoms with Crippen LogP contribution in [0, 0.1) is 0 Å². The summed E-state index contributed by atoms with van der Waals surface area (Å²) in [6.07, 6.45) is 4.87. The van der Waals surface area contributed by atoms with Crippen LogP contribution in [0.25, 0.3) is 32.7 Å². The predicted octanol–water partition coefficient (Wildman–Crippen LogP) is 7.13. The number of nitrogens with zero attached hydrogens (tertiary/aromatic N) is 3. The van der Waals surface area contributed by atoms with Gasteiger partial charge in [0.15, 0.2) is 0 Å². The van der Waals surface area contributed by atoms with Gasteiger partial charge in [-0.15, -0.1) is 0 Å². The van der Waals surface area contributed by atoms with Gasteiger partial charge in [0.05, 0.1) is 15.1 Å². The van der Waals surface area contributed by atoms with Crippen molar-refractivity contribution >= 4 is 119 Å². The Balaban J connectivity index is 0.000000152. The number of halogens is 3. The minimum atomic E-state index is 0. The molecule has 0 saturated heterocycles. The van der Waals surface area contributed by atoms with E-state index in [1.807, 2.05) is 18.2 Å². The monoisotopic (exact) mass is 577 g/mol. The molecule has 10 heteroatoms. The number of fused-ring (bicyclic) bond motifs is 3. The minimum absolute atomic E-state index is 0. The van der Waals surface area contributed by atoms with E-state index in [0.29, 0.717) is 31.6 Å². The summed E-state index contributed by atoms with van der Waals surface area (Å²) in [5.41, 5.74) is 1.64. The Hall–Kier alpha value is -2.20. The molecule has 0 fully saturated rings. The Morgan fingerprint density at radius 3 is 0.946 bits per heavy atom. The Morgan fingerprint density at radius 2 is 0.703 bits per heavy atom. The van der Waals surface area contributed by atoms with Crippen LogP contribution in [0.3, 0.4) is 0 Å². The van der Waals surface area contributed by atoms with Gasteiger partial charge in [-0.05, 0) is 72.8 Å². The van der Waals surface area contributed by atoms with Gasteiger partial charge in [-0.25, -0.2) is 0 Å². The van der Waals surface area contributed by atoms with Gasteiger partial charge in [0.2, 0.25) is 0 Å². The molecule has 3 N–H and O–H groups in total. The average Bonchev–Trinajstić information content (AvgIpc) is 2.92. The Labute approximate surface area is 269 Å². The number of phenols is 3. The van der Waals surface area contributed by atoms with Crippen molar-refractivity contribution in [2.24, 2.45) is 0 Å². The summed E-state index contributed by atoms with van der Waals surface area (Å²) >= 11 is 17.6. The van der Waals surface area contributed by atoms with Gasteiger partial charge < -0.3 is 15.3 Å². The molecule has 0 unspecified atom stereocenters. The molecular formula is C27H19Cl3KN3O3. The van der Waals surface area contributed by atoms with Crippen molar-refractivity contribution in [2.75, 3.05) is 0 Å². The Kier molecular flexibility index (Phi) is 10.7. The van der Waals surface area contributed by atoms with Gasteiger partial charge in [-0.3, -0.25) is 15.0 Å². The van der Waals surface area contributed by atoms with Gasteiger partial charge in [-0.2, -0.15) is 0 Å². The summed E-state index contributed by atoms with van der Waals surface area (Å²) < 4.78 is 0. The second kappa shape index (κ2) is 13.5. The molecule has 0 bridgehead atoms. The van der Waals surface area contributed by atoms with Crippen molar-refractivity contribution < 1.29 is 15.3 Å². The van der Waals surface area contributed by atoms with Crippen LogP contribution >= 0.6 is 34.8 Å². The van der Waals surface area contributed by atoms with Crippen molar-refractivity contribution in [1.82, 2.24) is 15.0 Å². The molecule has 37 heavy (non-hydrogen) atoms. The zero-order valence-corrected chi connectivity index (χ0v) is 20.7. The number of aromatic hydroxyl groups is 3. The molecule has 6 rings (SSSR count). The van der Waals surface area contributed by atoms with Crippen LogP contribution in [-0.2, 0) is 0 Å². The third-order valence-electron chi connectivity index (χ3n) is 5.09. The summed E-state index contributed by atoms with van der Waals surface area (Å²) in [6.45, 7) is 0. The summed E-state index contributed by atoms with van der Waals surface area (Å²) in [4.78, 5) is 12.0. The first-order valence-electron chi connectivity index (χ1n) is 10.5. The molecule has 0 aliphatic carbocycles. The number of hydrogen-bond acceptors (Lipinski definition) is 6. The van der Waals surface area contributed by atoms with Crippen LogP contribution in [-0.4, -0.2) is 81.7 Å². The van der Waals surface area contributed by atoms with Crippen LogP contribution in [0.1, 0.15) is 0 Å². The predicted molar refractivity (Wildman–Crippen MR) is 152 cm³/mol. The van der Waals surface area contributed by atoms with E-state index >= 15 is 0 Å². The van der Waals surface area contributed by atoms with Crippen LogP contribution in [0.15, 0.2) is 91.4 Å².